The Bertz CT molecular complexity index is 2300. The van der Waals surface area contributed by atoms with Crippen LogP contribution in [0.2, 0.25) is 0 Å². The predicted molar refractivity (Wildman–Crippen MR) is 173 cm³/mol. The van der Waals surface area contributed by atoms with Gasteiger partial charge in [0.15, 0.2) is 0 Å². The van der Waals surface area contributed by atoms with Crippen LogP contribution in [0, 0.1) is 23.0 Å². The zero-order valence-corrected chi connectivity index (χ0v) is 24.8. The Morgan fingerprint density at radius 2 is 1.17 bits per heavy atom. The molecule has 2 aliphatic heterocycles. The molecule has 47 heavy (non-hydrogen) atoms. The third kappa shape index (κ3) is 4.87. The summed E-state index contributed by atoms with van der Waals surface area (Å²) >= 11 is 0. The van der Waals surface area contributed by atoms with Crippen LogP contribution < -0.4 is 16.4 Å². The number of para-hydroxylation sites is 2. The SMILES string of the molecule is N#Cc1c(-c2ccc(F)cc2)n2c3c(cccc13)C(=O)NCC2.NC(=O)c1c(-c2ccc(F)cc2)n2c3c(cccc13)C(=O)NCC2. The highest BCUT2D eigenvalue weighted by molar-refractivity contribution is 6.17. The second-order valence-electron chi connectivity index (χ2n) is 11.2. The lowest BCUT2D eigenvalue weighted by atomic mass is 10.0. The quantitative estimate of drug-likeness (QED) is 0.244. The number of rotatable bonds is 3. The first-order chi connectivity index (χ1) is 22.8. The first kappa shape index (κ1) is 29.4. The molecular formula is C36H26F2N6O3. The largest absolute Gasteiger partial charge is 0.366 e. The average Bonchev–Trinajstić information content (AvgIpc) is 3.44. The third-order valence-corrected chi connectivity index (χ3v) is 8.49. The Kier molecular flexibility index (Phi) is 7.25. The van der Waals surface area contributed by atoms with Crippen molar-refractivity contribution in [1.82, 2.24) is 19.8 Å². The molecule has 2 aromatic heterocycles. The number of carbonyl (C=O) groups excluding carboxylic acids is 3. The van der Waals surface area contributed by atoms with E-state index in [1.54, 1.807) is 54.6 Å². The lowest BCUT2D eigenvalue weighted by Crippen LogP contribution is -2.24. The molecule has 9 nitrogen and oxygen atoms in total. The summed E-state index contributed by atoms with van der Waals surface area (Å²) in [6.07, 6.45) is 0. The van der Waals surface area contributed by atoms with E-state index in [0.717, 1.165) is 22.2 Å². The first-order valence-corrected chi connectivity index (χ1v) is 14.9. The van der Waals surface area contributed by atoms with Gasteiger partial charge in [0.2, 0.25) is 0 Å². The number of hydrogen-bond acceptors (Lipinski definition) is 4. The van der Waals surface area contributed by atoms with Gasteiger partial charge in [-0.3, -0.25) is 14.4 Å². The zero-order chi connectivity index (χ0) is 32.8. The van der Waals surface area contributed by atoms with Crippen LogP contribution in [0.1, 0.15) is 36.6 Å². The summed E-state index contributed by atoms with van der Waals surface area (Å²) < 4.78 is 30.4. The van der Waals surface area contributed by atoms with Crippen molar-refractivity contribution in [3.05, 3.63) is 119 Å². The number of primary amides is 1. The standard InChI is InChI=1S/C18H14FN3O2.C18H12FN3O/c19-11-6-4-10(5-7-11)15-14(17(20)23)12-2-1-3-13-16(12)22(15)9-8-21-18(13)24;19-12-6-4-11(5-7-12)16-15(10-20)13-2-1-3-14-17(13)22(16)9-8-21-18(14)23/h1-7H,8-9H2,(H2,20,23)(H,21,24);1-7H,8-9H2,(H,21,23). The van der Waals surface area contributed by atoms with Crippen LogP contribution in [-0.4, -0.2) is 39.9 Å². The highest BCUT2D eigenvalue weighted by Gasteiger charge is 2.28. The number of aromatic nitrogens is 2. The first-order valence-electron chi connectivity index (χ1n) is 14.9. The van der Waals surface area contributed by atoms with Crippen LogP contribution in [0.25, 0.3) is 44.3 Å². The highest BCUT2D eigenvalue weighted by Crippen LogP contribution is 2.37. The summed E-state index contributed by atoms with van der Waals surface area (Å²) in [5.74, 6) is -1.57. The molecule has 0 saturated carbocycles. The summed E-state index contributed by atoms with van der Waals surface area (Å²) in [5.41, 5.74) is 11.8. The number of nitriles is 1. The molecule has 4 aromatic carbocycles. The van der Waals surface area contributed by atoms with Crippen LogP contribution in [0.3, 0.4) is 0 Å². The maximum atomic E-state index is 13.3. The molecule has 0 atom stereocenters. The van der Waals surface area contributed by atoms with E-state index >= 15 is 0 Å². The number of nitrogens with one attached hydrogen (secondary N) is 2. The molecule has 0 fully saturated rings. The Balaban J connectivity index is 0.000000150. The molecule has 0 radical (unpaired) electrons. The fourth-order valence-corrected chi connectivity index (χ4v) is 6.57. The number of amides is 3. The molecule has 0 aliphatic carbocycles. The molecule has 11 heteroatoms. The maximum Gasteiger partial charge on any atom is 0.253 e. The summed E-state index contributed by atoms with van der Waals surface area (Å²) in [6, 6.07) is 24.8. The van der Waals surface area contributed by atoms with Gasteiger partial charge in [-0.1, -0.05) is 24.3 Å². The van der Waals surface area contributed by atoms with Gasteiger partial charge in [-0.25, -0.2) is 8.78 Å². The molecular weight excluding hydrogens is 602 g/mol. The van der Waals surface area contributed by atoms with Gasteiger partial charge < -0.3 is 25.5 Å². The van der Waals surface area contributed by atoms with Crippen LogP contribution in [0.15, 0.2) is 84.9 Å². The second-order valence-corrected chi connectivity index (χ2v) is 11.2. The Morgan fingerprint density at radius 3 is 1.68 bits per heavy atom. The van der Waals surface area contributed by atoms with E-state index in [-0.39, 0.29) is 23.4 Å². The lowest BCUT2D eigenvalue weighted by molar-refractivity contribution is 0.0948. The summed E-state index contributed by atoms with van der Waals surface area (Å²) in [6.45, 7) is 1.98. The lowest BCUT2D eigenvalue weighted by Gasteiger charge is -2.10. The zero-order valence-electron chi connectivity index (χ0n) is 24.8. The molecule has 0 spiro atoms. The van der Waals surface area contributed by atoms with E-state index in [1.807, 2.05) is 15.2 Å². The molecule has 0 saturated heterocycles. The number of benzene rings is 4. The minimum Gasteiger partial charge on any atom is -0.366 e. The van der Waals surface area contributed by atoms with Gasteiger partial charge in [-0.15, -0.1) is 0 Å². The van der Waals surface area contributed by atoms with Gasteiger partial charge >= 0.3 is 0 Å². The molecule has 8 rings (SSSR count). The second kappa shape index (κ2) is 11.6. The van der Waals surface area contributed by atoms with Crippen molar-refractivity contribution in [3.63, 3.8) is 0 Å². The Labute approximate surface area is 266 Å². The van der Waals surface area contributed by atoms with Gasteiger partial charge in [0, 0.05) is 37.0 Å². The van der Waals surface area contributed by atoms with Crippen molar-refractivity contribution in [2.45, 2.75) is 13.1 Å². The van der Waals surface area contributed by atoms with Crippen molar-refractivity contribution in [3.8, 4) is 28.6 Å². The van der Waals surface area contributed by atoms with E-state index in [4.69, 9.17) is 5.73 Å². The van der Waals surface area contributed by atoms with Crippen LogP contribution in [-0.2, 0) is 13.1 Å². The van der Waals surface area contributed by atoms with Crippen LogP contribution in [0.5, 0.6) is 0 Å². The van der Waals surface area contributed by atoms with Gasteiger partial charge in [0.25, 0.3) is 17.7 Å². The van der Waals surface area contributed by atoms with E-state index < -0.39 is 5.91 Å². The fourth-order valence-electron chi connectivity index (χ4n) is 6.57. The summed E-state index contributed by atoms with van der Waals surface area (Å²) in [7, 11) is 0. The molecule has 4 heterocycles. The molecule has 0 bridgehead atoms. The van der Waals surface area contributed by atoms with Crippen molar-refractivity contribution in [1.29, 1.82) is 5.26 Å². The number of nitrogens with zero attached hydrogens (tertiary/aromatic N) is 3. The van der Waals surface area contributed by atoms with Crippen molar-refractivity contribution < 1.29 is 23.2 Å². The van der Waals surface area contributed by atoms with E-state index in [1.165, 1.54) is 24.3 Å². The molecule has 3 amide bonds. The Hall–Kier alpha value is -6.28. The van der Waals surface area contributed by atoms with Crippen LogP contribution >= 0.6 is 0 Å². The molecule has 2 aliphatic rings. The van der Waals surface area contributed by atoms with Gasteiger partial charge in [0.1, 0.15) is 17.7 Å². The van der Waals surface area contributed by atoms with Gasteiger partial charge in [-0.05, 0) is 71.8 Å². The number of nitrogens with two attached hydrogens (primary N) is 1. The van der Waals surface area contributed by atoms with Gasteiger partial charge in [0.05, 0.1) is 44.7 Å². The third-order valence-electron chi connectivity index (χ3n) is 8.49. The highest BCUT2D eigenvalue weighted by atomic mass is 19.1. The average molecular weight is 629 g/mol. The molecule has 6 aromatic rings. The van der Waals surface area contributed by atoms with Crippen molar-refractivity contribution in [2.75, 3.05) is 13.1 Å². The summed E-state index contributed by atoms with van der Waals surface area (Å²) in [5, 5.41) is 16.7. The van der Waals surface area contributed by atoms with E-state index in [9.17, 15) is 28.4 Å². The van der Waals surface area contributed by atoms with E-state index in [2.05, 4.69) is 16.7 Å². The summed E-state index contributed by atoms with van der Waals surface area (Å²) in [4.78, 5) is 36.6. The minimum atomic E-state index is -0.573. The van der Waals surface area contributed by atoms with Crippen molar-refractivity contribution >= 4 is 39.5 Å². The fraction of sp³-hybridized carbons (Fsp3) is 0.111. The number of carbonyl (C=O) groups is 3. The number of halogens is 2. The normalized spacial score (nSPS) is 13.6. The molecule has 232 valence electrons. The molecule has 4 N–H and O–H groups in total. The van der Waals surface area contributed by atoms with Gasteiger partial charge in [-0.2, -0.15) is 5.26 Å². The van der Waals surface area contributed by atoms with Crippen LogP contribution in [0.4, 0.5) is 8.78 Å². The predicted octanol–water partition coefficient (Wildman–Crippen LogP) is 5.35. The molecule has 0 unspecified atom stereocenters. The smallest absolute Gasteiger partial charge is 0.253 e. The monoisotopic (exact) mass is 628 g/mol. The van der Waals surface area contributed by atoms with E-state index in [0.29, 0.717) is 70.6 Å². The Morgan fingerprint density at radius 1 is 0.702 bits per heavy atom. The maximum absolute atomic E-state index is 13.3. The number of hydrogen-bond donors (Lipinski definition) is 3. The minimum absolute atomic E-state index is 0.137. The van der Waals surface area contributed by atoms with Crippen molar-refractivity contribution in [2.24, 2.45) is 5.73 Å². The topological polar surface area (TPSA) is 135 Å².